The number of benzene rings is 3. The van der Waals surface area contributed by atoms with Gasteiger partial charge in [0.2, 0.25) is 0 Å². The average Bonchev–Trinajstić information content (AvgIpc) is 3.22. The van der Waals surface area contributed by atoms with Gasteiger partial charge in [-0.05, 0) is 36.2 Å². The summed E-state index contributed by atoms with van der Waals surface area (Å²) in [5.74, 6) is 1.09. The third-order valence-corrected chi connectivity index (χ3v) is 5.11. The van der Waals surface area contributed by atoms with Crippen LogP contribution in [0.1, 0.15) is 15.9 Å². The van der Waals surface area contributed by atoms with Gasteiger partial charge in [0.1, 0.15) is 11.5 Å². The zero-order chi connectivity index (χ0) is 21.8. The Labute approximate surface area is 180 Å². The van der Waals surface area contributed by atoms with E-state index >= 15 is 0 Å². The second-order valence-electron chi connectivity index (χ2n) is 7.10. The molecule has 0 atom stereocenters. The average molecular weight is 417 g/mol. The first-order valence-corrected chi connectivity index (χ1v) is 9.88. The SMILES string of the molecule is COc1cc(NC(=O)Nc2ccc3c(c2)N(C(=O)c2ccccc2)CC3)cc(OC)c1. The molecule has 7 heteroatoms. The van der Waals surface area contributed by atoms with Gasteiger partial charge < -0.3 is 25.0 Å². The van der Waals surface area contributed by atoms with E-state index in [2.05, 4.69) is 10.6 Å². The quantitative estimate of drug-likeness (QED) is 0.638. The highest BCUT2D eigenvalue weighted by Crippen LogP contribution is 2.32. The van der Waals surface area contributed by atoms with E-state index in [1.807, 2.05) is 36.4 Å². The fraction of sp³-hybridized carbons (Fsp3) is 0.167. The zero-order valence-electron chi connectivity index (χ0n) is 17.3. The number of urea groups is 1. The molecule has 0 spiro atoms. The van der Waals surface area contributed by atoms with Crippen molar-refractivity contribution < 1.29 is 19.1 Å². The number of nitrogens with one attached hydrogen (secondary N) is 2. The highest BCUT2D eigenvalue weighted by molar-refractivity contribution is 6.08. The summed E-state index contributed by atoms with van der Waals surface area (Å²) in [6.07, 6.45) is 0.782. The number of carbonyl (C=O) groups is 2. The molecule has 3 amide bonds. The van der Waals surface area contributed by atoms with Crippen LogP contribution in [0.2, 0.25) is 0 Å². The van der Waals surface area contributed by atoms with E-state index in [9.17, 15) is 9.59 Å². The first kappa shape index (κ1) is 20.3. The molecule has 1 heterocycles. The van der Waals surface area contributed by atoms with Gasteiger partial charge in [-0.25, -0.2) is 4.79 Å². The van der Waals surface area contributed by atoms with Crippen molar-refractivity contribution in [2.45, 2.75) is 6.42 Å². The molecule has 2 N–H and O–H groups in total. The van der Waals surface area contributed by atoms with Gasteiger partial charge in [0, 0.05) is 47.4 Å². The van der Waals surface area contributed by atoms with Crippen LogP contribution in [0.25, 0.3) is 0 Å². The Bertz CT molecular complexity index is 1090. The van der Waals surface area contributed by atoms with Crippen molar-refractivity contribution in [2.24, 2.45) is 0 Å². The second kappa shape index (κ2) is 8.79. The molecule has 4 rings (SSSR count). The van der Waals surface area contributed by atoms with E-state index in [0.29, 0.717) is 35.0 Å². The second-order valence-corrected chi connectivity index (χ2v) is 7.10. The van der Waals surface area contributed by atoms with Crippen LogP contribution in [-0.2, 0) is 6.42 Å². The molecular formula is C24H23N3O4. The minimum atomic E-state index is -0.408. The highest BCUT2D eigenvalue weighted by atomic mass is 16.5. The molecule has 0 unspecified atom stereocenters. The Morgan fingerprint density at radius 2 is 1.52 bits per heavy atom. The third kappa shape index (κ3) is 4.45. The maximum atomic E-state index is 12.9. The van der Waals surface area contributed by atoms with Gasteiger partial charge in [0.05, 0.1) is 14.2 Å². The molecule has 0 bridgehead atoms. The van der Waals surface area contributed by atoms with Crippen molar-refractivity contribution in [2.75, 3.05) is 36.3 Å². The van der Waals surface area contributed by atoms with Crippen molar-refractivity contribution in [1.29, 1.82) is 0 Å². The zero-order valence-corrected chi connectivity index (χ0v) is 17.3. The number of fused-ring (bicyclic) bond motifs is 1. The molecular weight excluding hydrogens is 394 g/mol. The molecule has 0 radical (unpaired) electrons. The number of ether oxygens (including phenoxy) is 2. The van der Waals surface area contributed by atoms with Gasteiger partial charge >= 0.3 is 6.03 Å². The minimum absolute atomic E-state index is 0.0515. The summed E-state index contributed by atoms with van der Waals surface area (Å²) in [6.45, 7) is 0.613. The van der Waals surface area contributed by atoms with Crippen LogP contribution in [-0.4, -0.2) is 32.7 Å². The van der Waals surface area contributed by atoms with Crippen molar-refractivity contribution in [3.05, 3.63) is 77.9 Å². The summed E-state index contributed by atoms with van der Waals surface area (Å²) >= 11 is 0. The van der Waals surface area contributed by atoms with E-state index in [1.54, 1.807) is 49.5 Å². The largest absolute Gasteiger partial charge is 0.497 e. The van der Waals surface area contributed by atoms with E-state index < -0.39 is 6.03 Å². The first-order chi connectivity index (χ1) is 15.1. The van der Waals surface area contributed by atoms with Crippen molar-refractivity contribution in [3.63, 3.8) is 0 Å². The molecule has 1 aliphatic heterocycles. The standard InChI is InChI=1S/C24H23N3O4/c1-30-20-12-19(13-21(15-20)31-2)26-24(29)25-18-9-8-16-10-11-27(22(16)14-18)23(28)17-6-4-3-5-7-17/h3-9,12-15H,10-11H2,1-2H3,(H2,25,26,29). The van der Waals surface area contributed by atoms with Crippen molar-refractivity contribution >= 4 is 29.0 Å². The van der Waals surface area contributed by atoms with E-state index in [-0.39, 0.29) is 5.91 Å². The topological polar surface area (TPSA) is 79.9 Å². The Morgan fingerprint density at radius 1 is 0.839 bits per heavy atom. The number of rotatable bonds is 5. The molecule has 31 heavy (non-hydrogen) atoms. The first-order valence-electron chi connectivity index (χ1n) is 9.88. The summed E-state index contributed by atoms with van der Waals surface area (Å²) in [7, 11) is 3.09. The summed E-state index contributed by atoms with van der Waals surface area (Å²) in [6, 6.07) is 19.5. The molecule has 3 aromatic carbocycles. The summed E-state index contributed by atoms with van der Waals surface area (Å²) in [4.78, 5) is 27.2. The third-order valence-electron chi connectivity index (χ3n) is 5.11. The molecule has 0 aromatic heterocycles. The van der Waals surface area contributed by atoms with Crippen molar-refractivity contribution in [1.82, 2.24) is 0 Å². The Balaban J connectivity index is 1.49. The van der Waals surface area contributed by atoms with Crippen LogP contribution in [0.5, 0.6) is 11.5 Å². The Kier molecular flexibility index (Phi) is 5.75. The smallest absolute Gasteiger partial charge is 0.323 e. The van der Waals surface area contributed by atoms with Gasteiger partial charge in [0.15, 0.2) is 0 Å². The predicted molar refractivity (Wildman–Crippen MR) is 120 cm³/mol. The number of methoxy groups -OCH3 is 2. The van der Waals surface area contributed by atoms with Crippen molar-refractivity contribution in [3.8, 4) is 11.5 Å². The summed E-state index contributed by atoms with van der Waals surface area (Å²) in [5, 5.41) is 5.60. The molecule has 1 aliphatic rings. The molecule has 3 aromatic rings. The number of hydrogen-bond donors (Lipinski definition) is 2. The predicted octanol–water partition coefficient (Wildman–Crippen LogP) is 4.55. The lowest BCUT2D eigenvalue weighted by Crippen LogP contribution is -2.29. The van der Waals surface area contributed by atoms with E-state index in [0.717, 1.165) is 17.7 Å². The lowest BCUT2D eigenvalue weighted by molar-refractivity contribution is 0.0989. The summed E-state index contributed by atoms with van der Waals surface area (Å²) < 4.78 is 10.5. The number of anilines is 3. The maximum Gasteiger partial charge on any atom is 0.323 e. The van der Waals surface area contributed by atoms with Crippen LogP contribution in [0.15, 0.2) is 66.7 Å². The monoisotopic (exact) mass is 417 g/mol. The van der Waals surface area contributed by atoms with Gasteiger partial charge in [0.25, 0.3) is 5.91 Å². The highest BCUT2D eigenvalue weighted by Gasteiger charge is 2.26. The van der Waals surface area contributed by atoms with Gasteiger partial charge in [-0.1, -0.05) is 24.3 Å². The van der Waals surface area contributed by atoms with Crippen LogP contribution in [0.3, 0.4) is 0 Å². The normalized spacial score (nSPS) is 12.1. The van der Waals surface area contributed by atoms with Crippen LogP contribution in [0, 0.1) is 0 Å². The number of nitrogens with zero attached hydrogens (tertiary/aromatic N) is 1. The maximum absolute atomic E-state index is 12.9. The Hall–Kier alpha value is -4.00. The molecule has 7 nitrogen and oxygen atoms in total. The lowest BCUT2D eigenvalue weighted by atomic mass is 10.1. The van der Waals surface area contributed by atoms with Crippen LogP contribution < -0.4 is 25.0 Å². The molecule has 158 valence electrons. The van der Waals surface area contributed by atoms with Gasteiger partial charge in [-0.15, -0.1) is 0 Å². The van der Waals surface area contributed by atoms with Crippen LogP contribution >= 0.6 is 0 Å². The van der Waals surface area contributed by atoms with E-state index in [1.165, 1.54) is 0 Å². The molecule has 0 saturated heterocycles. The lowest BCUT2D eigenvalue weighted by Gasteiger charge is -2.18. The Morgan fingerprint density at radius 3 is 2.19 bits per heavy atom. The van der Waals surface area contributed by atoms with Crippen LogP contribution in [0.4, 0.5) is 21.9 Å². The number of amides is 3. The fourth-order valence-electron chi connectivity index (χ4n) is 3.58. The van der Waals surface area contributed by atoms with E-state index in [4.69, 9.17) is 9.47 Å². The number of carbonyl (C=O) groups excluding carboxylic acids is 2. The van der Waals surface area contributed by atoms with Gasteiger partial charge in [-0.2, -0.15) is 0 Å². The molecule has 0 fully saturated rings. The number of hydrogen-bond acceptors (Lipinski definition) is 4. The summed E-state index contributed by atoms with van der Waals surface area (Å²) in [5.41, 5.74) is 3.66. The fourth-order valence-corrected chi connectivity index (χ4v) is 3.58. The molecule has 0 saturated carbocycles. The van der Waals surface area contributed by atoms with Gasteiger partial charge in [-0.3, -0.25) is 4.79 Å². The molecule has 0 aliphatic carbocycles. The minimum Gasteiger partial charge on any atom is -0.497 e.